The number of aliphatic hydroxyl groups excluding tert-OH is 1. The Hall–Kier alpha value is -1.11. The van der Waals surface area contributed by atoms with Gasteiger partial charge in [0.05, 0.1) is 12.4 Å². The maximum atomic E-state index is 9.71. The fourth-order valence-electron chi connectivity index (χ4n) is 2.68. The van der Waals surface area contributed by atoms with Crippen LogP contribution in [0, 0.1) is 0 Å². The van der Waals surface area contributed by atoms with Crippen LogP contribution in [0.5, 0.6) is 0 Å². The van der Waals surface area contributed by atoms with Crippen molar-refractivity contribution in [3.05, 3.63) is 11.4 Å². The highest BCUT2D eigenvalue weighted by Crippen LogP contribution is 2.17. The minimum Gasteiger partial charge on any atom is -0.369 e. The van der Waals surface area contributed by atoms with E-state index in [9.17, 15) is 5.11 Å². The number of ether oxygens (including phenoxy) is 1. The Morgan fingerprint density at radius 3 is 2.77 bits per heavy atom. The van der Waals surface area contributed by atoms with Gasteiger partial charge in [-0.15, -0.1) is 0 Å². The topological polar surface area (TPSA) is 69.1 Å². The third-order valence-electron chi connectivity index (χ3n) is 4.28. The molecule has 0 amide bonds. The normalized spacial score (nSPS) is 22.5. The fourth-order valence-corrected chi connectivity index (χ4v) is 2.68. The van der Waals surface area contributed by atoms with Crippen LogP contribution in [0.3, 0.4) is 0 Å². The first-order valence-corrected chi connectivity index (χ1v) is 8.09. The van der Waals surface area contributed by atoms with Gasteiger partial charge in [-0.2, -0.15) is 0 Å². The van der Waals surface area contributed by atoms with Crippen LogP contribution in [0.25, 0.3) is 0 Å². The van der Waals surface area contributed by atoms with Crippen molar-refractivity contribution in [3.8, 4) is 0 Å². The van der Waals surface area contributed by atoms with Crippen molar-refractivity contribution in [1.82, 2.24) is 15.5 Å². The largest absolute Gasteiger partial charge is 0.369 e. The molecule has 4 atom stereocenters. The van der Waals surface area contributed by atoms with Crippen molar-refractivity contribution in [2.75, 3.05) is 14.2 Å². The highest BCUT2D eigenvalue weighted by Gasteiger charge is 2.21. The van der Waals surface area contributed by atoms with Gasteiger partial charge in [0.15, 0.2) is 0 Å². The van der Waals surface area contributed by atoms with Crippen molar-refractivity contribution in [3.63, 3.8) is 0 Å². The van der Waals surface area contributed by atoms with E-state index in [-0.39, 0.29) is 12.1 Å². The molecule has 128 valence electrons. The molecule has 1 heterocycles. The smallest absolute Gasteiger partial charge is 0.215 e. The summed E-state index contributed by atoms with van der Waals surface area (Å²) in [6, 6.07) is 0.812. The number of aliphatic imine (C=N–C) groups is 1. The molecular formula is C16H32N4O2. The van der Waals surface area contributed by atoms with E-state index in [1.165, 1.54) is 12.7 Å². The van der Waals surface area contributed by atoms with Crippen LogP contribution in [0.1, 0.15) is 47.0 Å². The number of nitrogens with one attached hydrogen (secondary N) is 2. The number of hydrogen-bond acceptors (Lipinski definition) is 6. The minimum atomic E-state index is -0.867. The molecule has 1 aliphatic heterocycles. The SMILES string of the molecule is CCCC1NC=NC(NC(C)CC(C)N(C)C(O)OC)=C1C. The zero-order valence-electron chi connectivity index (χ0n) is 14.8. The molecular weight excluding hydrogens is 280 g/mol. The van der Waals surface area contributed by atoms with Crippen LogP contribution in [0.4, 0.5) is 0 Å². The van der Waals surface area contributed by atoms with E-state index in [1.807, 2.05) is 11.9 Å². The third-order valence-corrected chi connectivity index (χ3v) is 4.28. The quantitative estimate of drug-likeness (QED) is 0.565. The van der Waals surface area contributed by atoms with Crippen LogP contribution in [0.15, 0.2) is 16.4 Å². The molecule has 0 aromatic heterocycles. The second-order valence-corrected chi connectivity index (χ2v) is 6.16. The fraction of sp³-hybridized carbons (Fsp3) is 0.812. The molecule has 0 fully saturated rings. The number of nitrogens with zero attached hydrogens (tertiary/aromatic N) is 2. The van der Waals surface area contributed by atoms with Crippen molar-refractivity contribution in [1.29, 1.82) is 0 Å². The molecule has 0 aromatic carbocycles. The number of aliphatic hydroxyl groups is 1. The lowest BCUT2D eigenvalue weighted by Crippen LogP contribution is -2.43. The van der Waals surface area contributed by atoms with Crippen molar-refractivity contribution < 1.29 is 9.84 Å². The predicted octanol–water partition coefficient (Wildman–Crippen LogP) is 1.63. The van der Waals surface area contributed by atoms with Gasteiger partial charge in [-0.3, -0.25) is 4.90 Å². The lowest BCUT2D eigenvalue weighted by atomic mass is 10.0. The summed E-state index contributed by atoms with van der Waals surface area (Å²) >= 11 is 0. The summed E-state index contributed by atoms with van der Waals surface area (Å²) in [5, 5.41) is 16.5. The molecule has 22 heavy (non-hydrogen) atoms. The molecule has 0 radical (unpaired) electrons. The van der Waals surface area contributed by atoms with Gasteiger partial charge in [-0.25, -0.2) is 4.99 Å². The molecule has 0 aromatic rings. The average Bonchev–Trinajstić information content (AvgIpc) is 2.49. The van der Waals surface area contributed by atoms with Gasteiger partial charge in [0.1, 0.15) is 5.82 Å². The highest BCUT2D eigenvalue weighted by molar-refractivity contribution is 5.60. The van der Waals surface area contributed by atoms with Crippen LogP contribution < -0.4 is 10.6 Å². The highest BCUT2D eigenvalue weighted by atomic mass is 16.6. The maximum Gasteiger partial charge on any atom is 0.215 e. The third kappa shape index (κ3) is 5.26. The van der Waals surface area contributed by atoms with Crippen molar-refractivity contribution >= 4 is 6.34 Å². The predicted molar refractivity (Wildman–Crippen MR) is 90.5 cm³/mol. The second kappa shape index (κ2) is 9.12. The average molecular weight is 312 g/mol. The Kier molecular flexibility index (Phi) is 7.85. The van der Waals surface area contributed by atoms with Gasteiger partial charge in [-0.05, 0) is 46.2 Å². The molecule has 6 heteroatoms. The van der Waals surface area contributed by atoms with Gasteiger partial charge in [0, 0.05) is 19.2 Å². The lowest BCUT2D eigenvalue weighted by Gasteiger charge is -2.31. The first-order chi connectivity index (χ1) is 10.4. The zero-order valence-corrected chi connectivity index (χ0v) is 14.8. The van der Waals surface area contributed by atoms with E-state index in [0.29, 0.717) is 6.04 Å². The molecule has 0 saturated carbocycles. The molecule has 1 aliphatic rings. The zero-order chi connectivity index (χ0) is 16.7. The molecule has 6 nitrogen and oxygen atoms in total. The first-order valence-electron chi connectivity index (χ1n) is 8.09. The number of rotatable bonds is 9. The molecule has 0 spiro atoms. The molecule has 4 unspecified atom stereocenters. The second-order valence-electron chi connectivity index (χ2n) is 6.16. The Morgan fingerprint density at radius 1 is 1.50 bits per heavy atom. The Bertz CT molecular complexity index is 398. The monoisotopic (exact) mass is 312 g/mol. The number of methoxy groups -OCH3 is 1. The standard InChI is InChI=1S/C16H32N4O2/c1-7-8-14-13(4)15(18-10-17-14)19-11(2)9-12(3)20(5)16(21)22-6/h10-12,14,16,19,21H,7-9H2,1-6H3,(H,17,18). The molecule has 1 rings (SSSR count). The molecule has 0 bridgehead atoms. The Morgan fingerprint density at radius 2 is 2.18 bits per heavy atom. The number of hydrogen-bond donors (Lipinski definition) is 3. The van der Waals surface area contributed by atoms with Crippen molar-refractivity contribution in [2.45, 2.75) is 71.5 Å². The van der Waals surface area contributed by atoms with E-state index < -0.39 is 6.41 Å². The maximum absolute atomic E-state index is 9.71. The lowest BCUT2D eigenvalue weighted by molar-refractivity contribution is -0.179. The van der Waals surface area contributed by atoms with Gasteiger partial charge in [-0.1, -0.05) is 13.3 Å². The van der Waals surface area contributed by atoms with Crippen LogP contribution >= 0.6 is 0 Å². The summed E-state index contributed by atoms with van der Waals surface area (Å²) in [6.07, 6.45) is 4.05. The Labute approximate surface area is 134 Å². The summed E-state index contributed by atoms with van der Waals surface area (Å²) in [7, 11) is 3.36. The van der Waals surface area contributed by atoms with Crippen LogP contribution in [0.2, 0.25) is 0 Å². The molecule has 3 N–H and O–H groups in total. The van der Waals surface area contributed by atoms with E-state index in [0.717, 1.165) is 25.1 Å². The summed E-state index contributed by atoms with van der Waals surface area (Å²) in [5.74, 6) is 0.965. The van der Waals surface area contributed by atoms with Gasteiger partial charge in [0.2, 0.25) is 6.41 Å². The summed E-state index contributed by atoms with van der Waals surface area (Å²) < 4.78 is 4.94. The van der Waals surface area contributed by atoms with E-state index >= 15 is 0 Å². The van der Waals surface area contributed by atoms with Gasteiger partial charge < -0.3 is 20.5 Å². The van der Waals surface area contributed by atoms with Gasteiger partial charge in [0.25, 0.3) is 0 Å². The Balaban J connectivity index is 2.58. The van der Waals surface area contributed by atoms with Crippen LogP contribution in [-0.4, -0.2) is 55.0 Å². The summed E-state index contributed by atoms with van der Waals surface area (Å²) in [4.78, 5) is 6.24. The van der Waals surface area contributed by atoms with E-state index in [1.54, 1.807) is 6.34 Å². The van der Waals surface area contributed by atoms with Gasteiger partial charge >= 0.3 is 0 Å². The molecule has 0 saturated heterocycles. The molecule has 0 aliphatic carbocycles. The summed E-state index contributed by atoms with van der Waals surface area (Å²) in [5.41, 5.74) is 1.26. The van der Waals surface area contributed by atoms with E-state index in [4.69, 9.17) is 4.74 Å². The van der Waals surface area contributed by atoms with Crippen LogP contribution in [-0.2, 0) is 4.74 Å². The van der Waals surface area contributed by atoms with E-state index in [2.05, 4.69) is 43.3 Å². The van der Waals surface area contributed by atoms with Crippen molar-refractivity contribution in [2.24, 2.45) is 4.99 Å². The summed E-state index contributed by atoms with van der Waals surface area (Å²) in [6.45, 7) is 8.53. The minimum absolute atomic E-state index is 0.190. The first kappa shape index (κ1) is 18.9.